The van der Waals surface area contributed by atoms with E-state index in [0.29, 0.717) is 11.3 Å². The molecular weight excluding hydrogens is 254 g/mol. The minimum atomic E-state index is -1.17. The Hall–Kier alpha value is -2.10. The van der Waals surface area contributed by atoms with Gasteiger partial charge in [0.25, 0.3) is 0 Å². The van der Waals surface area contributed by atoms with E-state index in [-0.39, 0.29) is 5.56 Å². The van der Waals surface area contributed by atoms with Gasteiger partial charge in [-0.25, -0.2) is 4.79 Å². The Morgan fingerprint density at radius 2 is 2.05 bits per heavy atom. The summed E-state index contributed by atoms with van der Waals surface area (Å²) >= 11 is 0. The van der Waals surface area contributed by atoms with Gasteiger partial charge < -0.3 is 9.67 Å². The Morgan fingerprint density at radius 1 is 1.35 bits per heavy atom. The molecule has 0 aliphatic carbocycles. The fraction of sp³-hybridized carbons (Fsp3) is 0.375. The number of aromatic nitrogens is 1. The van der Waals surface area contributed by atoms with Crippen molar-refractivity contribution in [1.82, 2.24) is 4.57 Å². The molecule has 0 spiro atoms. The van der Waals surface area contributed by atoms with Gasteiger partial charge in [-0.05, 0) is 24.5 Å². The van der Waals surface area contributed by atoms with Gasteiger partial charge in [0.2, 0.25) is 5.43 Å². The molecule has 0 fully saturated rings. The Morgan fingerprint density at radius 3 is 2.70 bits per heavy atom. The lowest BCUT2D eigenvalue weighted by atomic mass is 10.1. The summed E-state index contributed by atoms with van der Waals surface area (Å²) in [5.74, 6) is -0.731. The van der Waals surface area contributed by atoms with Gasteiger partial charge in [-0.3, -0.25) is 4.79 Å². The molecule has 106 valence electrons. The highest BCUT2D eigenvalue weighted by molar-refractivity contribution is 5.92. The molecule has 4 heteroatoms. The highest BCUT2D eigenvalue weighted by Gasteiger charge is 2.15. The third kappa shape index (κ3) is 2.74. The minimum absolute atomic E-state index is 0.160. The van der Waals surface area contributed by atoms with E-state index in [0.717, 1.165) is 24.9 Å². The molecule has 0 aliphatic rings. The molecule has 2 rings (SSSR count). The molecular formula is C16H19NO3. The van der Waals surface area contributed by atoms with E-state index >= 15 is 0 Å². The Bertz CT molecular complexity index is 688. The van der Waals surface area contributed by atoms with Crippen molar-refractivity contribution >= 4 is 16.9 Å². The number of rotatable bonds is 5. The zero-order valence-electron chi connectivity index (χ0n) is 11.8. The second-order valence-corrected chi connectivity index (χ2v) is 5.24. The molecule has 0 saturated heterocycles. The van der Waals surface area contributed by atoms with Crippen molar-refractivity contribution in [3.05, 3.63) is 46.2 Å². The first-order valence-electron chi connectivity index (χ1n) is 6.90. The van der Waals surface area contributed by atoms with Crippen molar-refractivity contribution < 1.29 is 9.90 Å². The number of aromatic carboxylic acids is 1. The lowest BCUT2D eigenvalue weighted by Crippen LogP contribution is -2.20. The predicted molar refractivity (Wildman–Crippen MR) is 79.2 cm³/mol. The maximum Gasteiger partial charge on any atom is 0.341 e. The van der Waals surface area contributed by atoms with E-state index in [1.54, 1.807) is 12.1 Å². The summed E-state index contributed by atoms with van der Waals surface area (Å²) in [6.07, 6.45) is 3.63. The molecule has 0 bridgehead atoms. The van der Waals surface area contributed by atoms with Crippen molar-refractivity contribution in [2.75, 3.05) is 0 Å². The standard InChI is InChI=1S/C16H19NO3/c1-3-6-11(2)9-17-10-13(16(19)20)15(18)12-7-4-5-8-14(12)17/h4-5,7-8,10-11H,3,6,9H2,1-2H3,(H,19,20). The number of carboxylic acid groups (broad SMARTS) is 1. The molecule has 4 nitrogen and oxygen atoms in total. The molecule has 0 aliphatic heterocycles. The van der Waals surface area contributed by atoms with E-state index in [1.165, 1.54) is 6.20 Å². The monoisotopic (exact) mass is 273 g/mol. The van der Waals surface area contributed by atoms with Crippen LogP contribution < -0.4 is 5.43 Å². The van der Waals surface area contributed by atoms with Crippen molar-refractivity contribution in [3.63, 3.8) is 0 Å². The Labute approximate surface area is 117 Å². The SMILES string of the molecule is CCCC(C)Cn1cc(C(=O)O)c(=O)c2ccccc21. The summed E-state index contributed by atoms with van der Waals surface area (Å²) in [7, 11) is 0. The second-order valence-electron chi connectivity index (χ2n) is 5.24. The average Bonchev–Trinajstić information content (AvgIpc) is 2.42. The molecule has 1 aromatic carbocycles. The Kier molecular flexibility index (Phi) is 4.23. The van der Waals surface area contributed by atoms with Gasteiger partial charge in [0, 0.05) is 18.1 Å². The van der Waals surface area contributed by atoms with Crippen LogP contribution in [0.3, 0.4) is 0 Å². The van der Waals surface area contributed by atoms with Crippen LogP contribution in [0.25, 0.3) is 10.9 Å². The van der Waals surface area contributed by atoms with Crippen LogP contribution in [-0.4, -0.2) is 15.6 Å². The topological polar surface area (TPSA) is 59.3 Å². The molecule has 20 heavy (non-hydrogen) atoms. The first kappa shape index (κ1) is 14.3. The number of fused-ring (bicyclic) bond motifs is 1. The van der Waals surface area contributed by atoms with Crippen molar-refractivity contribution in [2.24, 2.45) is 5.92 Å². The normalized spacial score (nSPS) is 12.5. The fourth-order valence-corrected chi connectivity index (χ4v) is 2.57. The molecule has 1 unspecified atom stereocenters. The first-order chi connectivity index (χ1) is 9.54. The van der Waals surface area contributed by atoms with Gasteiger partial charge in [0.15, 0.2) is 0 Å². The highest BCUT2D eigenvalue weighted by Crippen LogP contribution is 2.16. The maximum absolute atomic E-state index is 12.1. The highest BCUT2D eigenvalue weighted by atomic mass is 16.4. The fourth-order valence-electron chi connectivity index (χ4n) is 2.57. The third-order valence-electron chi connectivity index (χ3n) is 3.51. The van der Waals surface area contributed by atoms with E-state index in [1.807, 2.05) is 16.7 Å². The quantitative estimate of drug-likeness (QED) is 0.910. The van der Waals surface area contributed by atoms with Crippen molar-refractivity contribution in [2.45, 2.75) is 33.2 Å². The third-order valence-corrected chi connectivity index (χ3v) is 3.51. The van der Waals surface area contributed by atoms with Crippen molar-refractivity contribution in [1.29, 1.82) is 0 Å². The van der Waals surface area contributed by atoms with E-state index in [4.69, 9.17) is 0 Å². The summed E-state index contributed by atoms with van der Waals surface area (Å²) in [4.78, 5) is 23.4. The lowest BCUT2D eigenvalue weighted by molar-refractivity contribution is 0.0694. The smallest absolute Gasteiger partial charge is 0.341 e. The van der Waals surface area contributed by atoms with Crippen LogP contribution in [0, 0.1) is 5.92 Å². The summed E-state index contributed by atoms with van der Waals surface area (Å²) in [6, 6.07) is 7.17. The average molecular weight is 273 g/mol. The molecule has 0 saturated carbocycles. The van der Waals surface area contributed by atoms with Gasteiger partial charge >= 0.3 is 5.97 Å². The summed E-state index contributed by atoms with van der Waals surface area (Å²) in [5, 5.41) is 9.64. The van der Waals surface area contributed by atoms with Crippen LogP contribution in [0.2, 0.25) is 0 Å². The predicted octanol–water partition coefficient (Wildman–Crippen LogP) is 3.14. The van der Waals surface area contributed by atoms with Crippen LogP contribution >= 0.6 is 0 Å². The summed E-state index contributed by atoms with van der Waals surface area (Å²) in [5.41, 5.74) is 0.227. The van der Waals surface area contributed by atoms with Crippen LogP contribution in [0.5, 0.6) is 0 Å². The van der Waals surface area contributed by atoms with E-state index in [9.17, 15) is 14.7 Å². The molecule has 2 aromatic rings. The number of para-hydroxylation sites is 1. The van der Waals surface area contributed by atoms with Gasteiger partial charge in [0.1, 0.15) is 5.56 Å². The van der Waals surface area contributed by atoms with Crippen LogP contribution in [0.15, 0.2) is 35.3 Å². The first-order valence-corrected chi connectivity index (χ1v) is 6.90. The second kappa shape index (κ2) is 5.90. The van der Waals surface area contributed by atoms with Crippen molar-refractivity contribution in [3.8, 4) is 0 Å². The largest absolute Gasteiger partial charge is 0.477 e. The number of pyridine rings is 1. The number of hydrogen-bond donors (Lipinski definition) is 1. The summed E-state index contributed by atoms with van der Waals surface area (Å²) < 4.78 is 1.89. The van der Waals surface area contributed by atoms with Crippen LogP contribution in [-0.2, 0) is 6.54 Å². The van der Waals surface area contributed by atoms with Gasteiger partial charge in [-0.2, -0.15) is 0 Å². The molecule has 1 N–H and O–H groups in total. The molecule has 1 aromatic heterocycles. The number of nitrogens with zero attached hydrogens (tertiary/aromatic N) is 1. The van der Waals surface area contributed by atoms with E-state index < -0.39 is 11.4 Å². The number of benzene rings is 1. The molecule has 1 atom stereocenters. The van der Waals surface area contributed by atoms with Crippen LogP contribution in [0.4, 0.5) is 0 Å². The Balaban J connectivity index is 2.60. The maximum atomic E-state index is 12.1. The minimum Gasteiger partial charge on any atom is -0.477 e. The van der Waals surface area contributed by atoms with Gasteiger partial charge in [-0.15, -0.1) is 0 Å². The number of hydrogen-bond acceptors (Lipinski definition) is 2. The van der Waals surface area contributed by atoms with Gasteiger partial charge in [-0.1, -0.05) is 32.4 Å². The molecule has 1 heterocycles. The lowest BCUT2D eigenvalue weighted by Gasteiger charge is -2.16. The zero-order valence-corrected chi connectivity index (χ0v) is 11.8. The number of carbonyl (C=O) groups is 1. The van der Waals surface area contributed by atoms with Gasteiger partial charge in [0.05, 0.1) is 5.52 Å². The molecule has 0 amide bonds. The van der Waals surface area contributed by atoms with E-state index in [2.05, 4.69) is 13.8 Å². The zero-order chi connectivity index (χ0) is 14.7. The van der Waals surface area contributed by atoms with Crippen LogP contribution in [0.1, 0.15) is 37.0 Å². The molecule has 0 radical (unpaired) electrons. The summed E-state index contributed by atoms with van der Waals surface area (Å²) in [6.45, 7) is 4.98. The number of carboxylic acids is 1.